The number of carbonyl (C=O) groups is 1. The van der Waals surface area contributed by atoms with Crippen molar-refractivity contribution in [1.82, 2.24) is 0 Å². The Kier molecular flexibility index (Phi) is 3.00. The van der Waals surface area contributed by atoms with Gasteiger partial charge in [-0.2, -0.15) is 8.78 Å². The molecule has 1 saturated carbocycles. The van der Waals surface area contributed by atoms with Crippen molar-refractivity contribution in [3.63, 3.8) is 0 Å². The summed E-state index contributed by atoms with van der Waals surface area (Å²) in [5.74, 6) is -1.23. The summed E-state index contributed by atoms with van der Waals surface area (Å²) in [4.78, 5) is 11.0. The summed E-state index contributed by atoms with van der Waals surface area (Å²) < 4.78 is 28.2. The molecule has 0 radical (unpaired) electrons. The second-order valence-corrected chi connectivity index (χ2v) is 5.06. The highest BCUT2D eigenvalue weighted by molar-refractivity contribution is 5.77. The van der Waals surface area contributed by atoms with E-state index in [2.05, 4.69) is 4.74 Å². The number of alkyl halides is 2. The highest BCUT2D eigenvalue weighted by Gasteiger charge is 2.62. The quantitative estimate of drug-likeness (QED) is 0.900. The average molecular weight is 256 g/mol. The fourth-order valence-electron chi connectivity index (χ4n) is 2.58. The zero-order valence-corrected chi connectivity index (χ0v) is 10.1. The Morgan fingerprint density at radius 1 is 1.33 bits per heavy atom. The van der Waals surface area contributed by atoms with Crippen LogP contribution in [0.2, 0.25) is 0 Å². The molecule has 1 fully saturated rings. The molecule has 0 spiro atoms. The van der Waals surface area contributed by atoms with Gasteiger partial charge in [-0.25, -0.2) is 0 Å². The number of ether oxygens (including phenoxy) is 1. The maximum atomic E-state index is 12.0. The number of benzene rings is 1. The molecule has 5 heteroatoms. The van der Waals surface area contributed by atoms with Crippen molar-refractivity contribution < 1.29 is 23.4 Å². The fraction of sp³-hybridized carbons (Fsp3) is 0.462. The Morgan fingerprint density at radius 2 is 1.89 bits per heavy atom. The van der Waals surface area contributed by atoms with E-state index in [1.165, 1.54) is 12.1 Å². The topological polar surface area (TPSA) is 46.5 Å². The second kappa shape index (κ2) is 4.23. The summed E-state index contributed by atoms with van der Waals surface area (Å²) in [5, 5.41) is 9.07. The van der Waals surface area contributed by atoms with Gasteiger partial charge in [0.1, 0.15) is 5.75 Å². The highest BCUT2D eigenvalue weighted by Crippen LogP contribution is 2.64. The summed E-state index contributed by atoms with van der Waals surface area (Å²) in [7, 11) is 0. The number of aliphatic carboxylic acids is 1. The molecule has 1 N–H and O–H groups in total. The van der Waals surface area contributed by atoms with Crippen LogP contribution in [-0.4, -0.2) is 17.7 Å². The van der Waals surface area contributed by atoms with Gasteiger partial charge in [-0.05, 0) is 23.1 Å². The van der Waals surface area contributed by atoms with Crippen LogP contribution < -0.4 is 4.74 Å². The molecule has 18 heavy (non-hydrogen) atoms. The van der Waals surface area contributed by atoms with E-state index in [1.807, 2.05) is 13.8 Å². The molecule has 0 aromatic heterocycles. The van der Waals surface area contributed by atoms with Crippen LogP contribution in [0.1, 0.15) is 25.3 Å². The number of rotatable bonds is 4. The molecule has 0 bridgehead atoms. The summed E-state index contributed by atoms with van der Waals surface area (Å²) in [6.45, 7) is 0.931. The number of carboxylic acid groups (broad SMARTS) is 1. The first kappa shape index (κ1) is 12.8. The average Bonchev–Trinajstić information content (AvgIpc) is 2.82. The van der Waals surface area contributed by atoms with Crippen molar-refractivity contribution in [2.45, 2.75) is 26.4 Å². The lowest BCUT2D eigenvalue weighted by Gasteiger charge is -2.06. The van der Waals surface area contributed by atoms with Crippen molar-refractivity contribution in [3.05, 3.63) is 29.8 Å². The normalized spacial score (nSPS) is 24.9. The lowest BCUT2D eigenvalue weighted by molar-refractivity contribution is -0.139. The van der Waals surface area contributed by atoms with Crippen molar-refractivity contribution >= 4 is 5.97 Å². The third-order valence-electron chi connectivity index (χ3n) is 3.56. The molecule has 3 nitrogen and oxygen atoms in total. The first-order chi connectivity index (χ1) is 8.34. The first-order valence-corrected chi connectivity index (χ1v) is 5.61. The van der Waals surface area contributed by atoms with Crippen molar-refractivity contribution in [2.24, 2.45) is 11.3 Å². The van der Waals surface area contributed by atoms with E-state index < -0.39 is 18.5 Å². The van der Waals surface area contributed by atoms with Gasteiger partial charge in [0.2, 0.25) is 0 Å². The molecule has 0 heterocycles. The predicted molar refractivity (Wildman–Crippen MR) is 60.7 cm³/mol. The maximum Gasteiger partial charge on any atom is 0.387 e. The van der Waals surface area contributed by atoms with E-state index in [1.54, 1.807) is 12.1 Å². The molecule has 2 atom stereocenters. The zero-order valence-electron chi connectivity index (χ0n) is 10.1. The Morgan fingerprint density at radius 3 is 2.28 bits per heavy atom. The third-order valence-corrected chi connectivity index (χ3v) is 3.56. The minimum Gasteiger partial charge on any atom is -0.481 e. The number of hydrogen-bond acceptors (Lipinski definition) is 2. The van der Waals surface area contributed by atoms with Crippen LogP contribution in [0.25, 0.3) is 0 Å². The fourth-order valence-corrected chi connectivity index (χ4v) is 2.58. The number of hydrogen-bond donors (Lipinski definition) is 1. The van der Waals surface area contributed by atoms with E-state index in [4.69, 9.17) is 5.11 Å². The van der Waals surface area contributed by atoms with Crippen LogP contribution in [0.4, 0.5) is 8.78 Å². The molecular formula is C13H14F2O3. The van der Waals surface area contributed by atoms with Crippen LogP contribution in [0.3, 0.4) is 0 Å². The molecule has 1 aromatic rings. The lowest BCUT2D eigenvalue weighted by Crippen LogP contribution is -2.03. The van der Waals surface area contributed by atoms with Gasteiger partial charge < -0.3 is 9.84 Å². The van der Waals surface area contributed by atoms with Crippen LogP contribution in [0.5, 0.6) is 5.75 Å². The largest absolute Gasteiger partial charge is 0.481 e. The molecule has 2 rings (SSSR count). The number of carboxylic acids is 1. The van der Waals surface area contributed by atoms with Crippen LogP contribution in [0.15, 0.2) is 24.3 Å². The molecule has 1 aromatic carbocycles. The lowest BCUT2D eigenvalue weighted by atomic mass is 10.0. The van der Waals surface area contributed by atoms with Gasteiger partial charge in [-0.15, -0.1) is 0 Å². The van der Waals surface area contributed by atoms with Gasteiger partial charge in [-0.3, -0.25) is 4.79 Å². The predicted octanol–water partition coefficient (Wildman–Crippen LogP) is 3.11. The maximum absolute atomic E-state index is 12.0. The molecule has 0 aliphatic heterocycles. The Balaban J connectivity index is 2.14. The minimum absolute atomic E-state index is 0.0735. The van der Waals surface area contributed by atoms with E-state index in [-0.39, 0.29) is 17.1 Å². The SMILES string of the molecule is CC1(C)[C@H](C(=O)O)[C@H]1c1ccc(OC(F)F)cc1. The second-order valence-electron chi connectivity index (χ2n) is 5.06. The van der Waals surface area contributed by atoms with Gasteiger partial charge >= 0.3 is 12.6 Å². The van der Waals surface area contributed by atoms with Gasteiger partial charge in [0.15, 0.2) is 0 Å². The van der Waals surface area contributed by atoms with E-state index in [9.17, 15) is 13.6 Å². The summed E-state index contributed by atoms with van der Waals surface area (Å²) in [5.41, 5.74) is 0.547. The Bertz CT molecular complexity index is 454. The molecule has 98 valence electrons. The van der Waals surface area contributed by atoms with Crippen LogP contribution in [-0.2, 0) is 4.79 Å². The molecule has 0 saturated heterocycles. The van der Waals surface area contributed by atoms with Crippen LogP contribution in [0, 0.1) is 11.3 Å². The van der Waals surface area contributed by atoms with Gasteiger partial charge in [0.05, 0.1) is 5.92 Å². The summed E-state index contributed by atoms with van der Waals surface area (Å²) in [6, 6.07) is 6.17. The van der Waals surface area contributed by atoms with Crippen molar-refractivity contribution in [3.8, 4) is 5.75 Å². The molecule has 1 aliphatic carbocycles. The number of halogens is 2. The van der Waals surface area contributed by atoms with Gasteiger partial charge in [0, 0.05) is 5.92 Å². The third kappa shape index (κ3) is 2.17. The molecular weight excluding hydrogens is 242 g/mol. The first-order valence-electron chi connectivity index (χ1n) is 5.61. The molecule has 0 unspecified atom stereocenters. The summed E-state index contributed by atoms with van der Waals surface area (Å²) in [6.07, 6.45) is 0. The highest BCUT2D eigenvalue weighted by atomic mass is 19.3. The summed E-state index contributed by atoms with van der Waals surface area (Å²) >= 11 is 0. The Hall–Kier alpha value is -1.65. The van der Waals surface area contributed by atoms with Crippen LogP contribution >= 0.6 is 0 Å². The van der Waals surface area contributed by atoms with E-state index in [0.717, 1.165) is 5.56 Å². The van der Waals surface area contributed by atoms with Gasteiger partial charge in [0.25, 0.3) is 0 Å². The van der Waals surface area contributed by atoms with Gasteiger partial charge in [-0.1, -0.05) is 26.0 Å². The molecule has 1 aliphatic rings. The Labute approximate surface area is 103 Å². The molecule has 0 amide bonds. The van der Waals surface area contributed by atoms with E-state index in [0.29, 0.717) is 0 Å². The smallest absolute Gasteiger partial charge is 0.387 e. The van der Waals surface area contributed by atoms with Crippen molar-refractivity contribution in [1.29, 1.82) is 0 Å². The minimum atomic E-state index is -2.85. The van der Waals surface area contributed by atoms with Crippen molar-refractivity contribution in [2.75, 3.05) is 0 Å². The monoisotopic (exact) mass is 256 g/mol. The standard InChI is InChI=1S/C13H14F2O3/c1-13(2)9(10(13)11(16)17)7-3-5-8(6-4-7)18-12(14)15/h3-6,9-10,12H,1-2H3,(H,16,17)/t9-,10+/m1/s1. The van der Waals surface area contributed by atoms with E-state index >= 15 is 0 Å². The zero-order chi connectivity index (χ0) is 13.5.